The Morgan fingerprint density at radius 3 is 2.88 bits per heavy atom. The Kier molecular flexibility index (Phi) is 7.94. The summed E-state index contributed by atoms with van der Waals surface area (Å²) in [6, 6.07) is 0. The summed E-state index contributed by atoms with van der Waals surface area (Å²) in [5.74, 6) is 0.405. The first-order chi connectivity index (χ1) is 11.6. The normalized spacial score (nSPS) is 11.1. The molecular formula is C17H25N3O2S2. The Hall–Kier alpha value is -1.18. The second-order valence-electron chi connectivity index (χ2n) is 5.60. The monoisotopic (exact) mass is 367 g/mol. The minimum absolute atomic E-state index is 0.0323. The molecule has 0 aliphatic carbocycles. The third kappa shape index (κ3) is 5.43. The highest BCUT2D eigenvalue weighted by atomic mass is 32.2. The van der Waals surface area contributed by atoms with Crippen LogP contribution in [0, 0.1) is 13.8 Å². The van der Waals surface area contributed by atoms with Gasteiger partial charge in [-0.1, -0.05) is 25.1 Å². The third-order valence-corrected chi connectivity index (χ3v) is 5.81. The highest BCUT2D eigenvalue weighted by Gasteiger charge is 2.13. The van der Waals surface area contributed by atoms with Crippen molar-refractivity contribution in [3.05, 3.63) is 16.8 Å². The smallest absolute Gasteiger partial charge is 0.230 e. The minimum Gasteiger partial charge on any atom is -0.381 e. The van der Waals surface area contributed by atoms with Crippen molar-refractivity contribution in [3.63, 3.8) is 0 Å². The summed E-state index contributed by atoms with van der Waals surface area (Å²) in [4.78, 5) is 22.9. The van der Waals surface area contributed by atoms with Crippen molar-refractivity contribution in [3.8, 4) is 0 Å². The summed E-state index contributed by atoms with van der Waals surface area (Å²) in [5.41, 5.74) is 1.21. The van der Waals surface area contributed by atoms with Gasteiger partial charge in [-0.15, -0.1) is 11.3 Å². The van der Waals surface area contributed by atoms with Gasteiger partial charge in [0.05, 0.1) is 5.75 Å². The molecule has 0 atom stereocenters. The van der Waals surface area contributed by atoms with Crippen molar-refractivity contribution in [1.29, 1.82) is 0 Å². The van der Waals surface area contributed by atoms with Gasteiger partial charge in [0.25, 0.3) is 0 Å². The maximum atomic E-state index is 12.0. The van der Waals surface area contributed by atoms with Crippen LogP contribution in [0.1, 0.15) is 36.6 Å². The predicted octanol–water partition coefficient (Wildman–Crippen LogP) is 3.72. The summed E-state index contributed by atoms with van der Waals surface area (Å²) in [6.07, 6.45) is 4.66. The van der Waals surface area contributed by atoms with Crippen molar-refractivity contribution in [2.24, 2.45) is 0 Å². The lowest BCUT2D eigenvalue weighted by Gasteiger charge is -2.06. The summed E-state index contributed by atoms with van der Waals surface area (Å²) >= 11 is 3.15. The van der Waals surface area contributed by atoms with Crippen LogP contribution >= 0.6 is 23.1 Å². The number of rotatable bonds is 10. The number of amides is 1. The van der Waals surface area contributed by atoms with E-state index in [0.29, 0.717) is 18.9 Å². The fourth-order valence-corrected chi connectivity index (χ4v) is 4.14. The molecule has 7 heteroatoms. The molecule has 2 aromatic rings. The molecule has 2 aromatic heterocycles. The first kappa shape index (κ1) is 19.1. The minimum atomic E-state index is 0.0323. The van der Waals surface area contributed by atoms with Gasteiger partial charge in [-0.3, -0.25) is 4.79 Å². The Labute approximate surface area is 151 Å². The van der Waals surface area contributed by atoms with Crippen LogP contribution in [0.25, 0.3) is 10.2 Å². The van der Waals surface area contributed by atoms with Gasteiger partial charge in [-0.2, -0.15) is 0 Å². The van der Waals surface area contributed by atoms with Gasteiger partial charge in [-0.05, 0) is 32.3 Å². The van der Waals surface area contributed by atoms with E-state index in [-0.39, 0.29) is 5.91 Å². The molecule has 0 aliphatic heterocycles. The van der Waals surface area contributed by atoms with Crippen LogP contribution in [0.2, 0.25) is 0 Å². The molecule has 1 amide bonds. The van der Waals surface area contributed by atoms with Crippen LogP contribution in [-0.4, -0.2) is 41.4 Å². The molecule has 2 rings (SSSR count). The van der Waals surface area contributed by atoms with Crippen LogP contribution in [0.3, 0.4) is 0 Å². The topological polar surface area (TPSA) is 64.1 Å². The zero-order valence-electron chi connectivity index (χ0n) is 14.6. The fourth-order valence-electron chi connectivity index (χ4n) is 2.19. The van der Waals surface area contributed by atoms with Crippen molar-refractivity contribution < 1.29 is 9.53 Å². The van der Waals surface area contributed by atoms with Gasteiger partial charge in [0.2, 0.25) is 5.91 Å². The van der Waals surface area contributed by atoms with Crippen LogP contribution in [0.15, 0.2) is 11.4 Å². The molecule has 0 unspecified atom stereocenters. The van der Waals surface area contributed by atoms with Crippen molar-refractivity contribution >= 4 is 39.2 Å². The van der Waals surface area contributed by atoms with Crippen LogP contribution in [-0.2, 0) is 9.53 Å². The maximum absolute atomic E-state index is 12.0. The van der Waals surface area contributed by atoms with Crippen molar-refractivity contribution in [2.75, 3.05) is 25.5 Å². The zero-order valence-corrected chi connectivity index (χ0v) is 16.2. The van der Waals surface area contributed by atoms with E-state index in [0.717, 1.165) is 41.1 Å². The van der Waals surface area contributed by atoms with Crippen LogP contribution in [0.5, 0.6) is 0 Å². The van der Waals surface area contributed by atoms with Gasteiger partial charge < -0.3 is 10.1 Å². The average Bonchev–Trinajstić information content (AvgIpc) is 2.87. The lowest BCUT2D eigenvalue weighted by Crippen LogP contribution is -2.27. The van der Waals surface area contributed by atoms with E-state index in [1.807, 2.05) is 0 Å². The molecule has 0 saturated heterocycles. The van der Waals surface area contributed by atoms with Gasteiger partial charge in [0.15, 0.2) is 0 Å². The maximum Gasteiger partial charge on any atom is 0.230 e. The Morgan fingerprint density at radius 2 is 2.08 bits per heavy atom. The molecule has 24 heavy (non-hydrogen) atoms. The third-order valence-electron chi connectivity index (χ3n) is 3.70. The van der Waals surface area contributed by atoms with Gasteiger partial charge in [0.1, 0.15) is 16.2 Å². The number of hydrogen-bond acceptors (Lipinski definition) is 6. The lowest BCUT2D eigenvalue weighted by molar-refractivity contribution is -0.118. The van der Waals surface area contributed by atoms with E-state index in [4.69, 9.17) is 4.74 Å². The molecule has 0 bridgehead atoms. The quantitative estimate of drug-likeness (QED) is 0.394. The van der Waals surface area contributed by atoms with E-state index < -0.39 is 0 Å². The highest BCUT2D eigenvalue weighted by Crippen LogP contribution is 2.34. The van der Waals surface area contributed by atoms with E-state index in [1.165, 1.54) is 22.2 Å². The number of hydrogen-bond donors (Lipinski definition) is 1. The van der Waals surface area contributed by atoms with Crippen molar-refractivity contribution in [2.45, 2.75) is 45.1 Å². The number of aryl methyl sites for hydroxylation is 2. The molecule has 0 aromatic carbocycles. The average molecular weight is 368 g/mol. The second-order valence-corrected chi connectivity index (χ2v) is 7.77. The molecule has 0 saturated carbocycles. The summed E-state index contributed by atoms with van der Waals surface area (Å²) in [5, 5.41) is 4.91. The highest BCUT2D eigenvalue weighted by molar-refractivity contribution is 8.00. The van der Waals surface area contributed by atoms with E-state index in [9.17, 15) is 4.79 Å². The van der Waals surface area contributed by atoms with Gasteiger partial charge >= 0.3 is 0 Å². The Morgan fingerprint density at radius 1 is 1.29 bits per heavy atom. The first-order valence-electron chi connectivity index (χ1n) is 8.31. The van der Waals surface area contributed by atoms with Crippen LogP contribution in [0.4, 0.5) is 0 Å². The van der Waals surface area contributed by atoms with Crippen LogP contribution < -0.4 is 5.32 Å². The number of thiophene rings is 1. The molecule has 0 aliphatic rings. The molecular weight excluding hydrogens is 342 g/mol. The number of carbonyl (C=O) groups excluding carboxylic acids is 1. The fraction of sp³-hybridized carbons (Fsp3) is 0.588. The first-order valence-corrected chi connectivity index (χ1v) is 10.1. The molecule has 0 spiro atoms. The predicted molar refractivity (Wildman–Crippen MR) is 101 cm³/mol. The molecule has 2 heterocycles. The number of unbranched alkanes of at least 4 members (excludes halogenated alkanes) is 1. The summed E-state index contributed by atoms with van der Waals surface area (Å²) in [6.45, 7) is 8.48. The van der Waals surface area contributed by atoms with Crippen molar-refractivity contribution in [1.82, 2.24) is 15.3 Å². The summed E-state index contributed by atoms with van der Waals surface area (Å²) < 4.78 is 5.48. The largest absolute Gasteiger partial charge is 0.381 e. The van der Waals surface area contributed by atoms with E-state index in [1.54, 1.807) is 17.7 Å². The number of thioether (sulfide) groups is 1. The number of nitrogens with zero attached hydrogens (tertiary/aromatic N) is 2. The number of carbonyl (C=O) groups is 1. The Bertz CT molecular complexity index is 673. The number of ether oxygens (including phenoxy) is 1. The molecule has 0 radical (unpaired) electrons. The molecule has 0 fully saturated rings. The summed E-state index contributed by atoms with van der Waals surface area (Å²) in [7, 11) is 0. The number of nitrogens with one attached hydrogen (secondary N) is 1. The zero-order chi connectivity index (χ0) is 17.4. The van der Waals surface area contributed by atoms with E-state index >= 15 is 0 Å². The molecule has 132 valence electrons. The SMILES string of the molecule is CCCCOCCCNC(=O)CSc1ncnc2sc(C)c(C)c12. The second kappa shape index (κ2) is 9.96. The lowest BCUT2D eigenvalue weighted by atomic mass is 10.2. The van der Waals surface area contributed by atoms with E-state index in [2.05, 4.69) is 36.1 Å². The standard InChI is InChI=1S/C17H25N3O2S2/c1-4-5-8-22-9-6-7-18-14(21)10-23-16-15-12(2)13(3)24-17(15)20-11-19-16/h11H,4-10H2,1-3H3,(H,18,21). The molecule has 5 nitrogen and oxygen atoms in total. The van der Waals surface area contributed by atoms with Gasteiger partial charge in [-0.25, -0.2) is 9.97 Å². The van der Waals surface area contributed by atoms with Gasteiger partial charge in [0, 0.05) is 30.0 Å². The number of aromatic nitrogens is 2. The Balaban J connectivity index is 1.74. The molecule has 1 N–H and O–H groups in total. The number of fused-ring (bicyclic) bond motifs is 1.